The summed E-state index contributed by atoms with van der Waals surface area (Å²) in [4.78, 5) is 17.1. The molecule has 2 fully saturated rings. The van der Waals surface area contributed by atoms with Crippen molar-refractivity contribution in [3.63, 3.8) is 0 Å². The lowest BCUT2D eigenvalue weighted by Crippen LogP contribution is -2.39. The van der Waals surface area contributed by atoms with Gasteiger partial charge in [0.25, 0.3) is 0 Å². The molecule has 160 valence electrons. The zero-order valence-electron chi connectivity index (χ0n) is 17.6. The minimum Gasteiger partial charge on any atom is -0.444 e. The maximum Gasteiger partial charge on any atom is 0.410 e. The molecule has 4 rings (SSSR count). The average molecular weight is 409 g/mol. The highest BCUT2D eigenvalue weighted by molar-refractivity contribution is 5.70. The fourth-order valence-corrected chi connectivity index (χ4v) is 4.43. The van der Waals surface area contributed by atoms with E-state index in [4.69, 9.17) is 9.47 Å². The number of aryl methyl sites for hydroxylation is 1. The van der Waals surface area contributed by atoms with E-state index in [9.17, 15) is 4.79 Å². The van der Waals surface area contributed by atoms with E-state index in [1.54, 1.807) is 0 Å². The van der Waals surface area contributed by atoms with Crippen LogP contribution in [0.15, 0.2) is 60.7 Å². The van der Waals surface area contributed by atoms with Crippen molar-refractivity contribution in [2.45, 2.75) is 37.8 Å². The lowest BCUT2D eigenvalue weighted by atomic mass is 10.0. The first-order chi connectivity index (χ1) is 14.8. The summed E-state index contributed by atoms with van der Waals surface area (Å²) < 4.78 is 11.2. The summed E-state index contributed by atoms with van der Waals surface area (Å²) in [5.74, 6) is 0. The number of morpholine rings is 1. The van der Waals surface area contributed by atoms with Gasteiger partial charge in [-0.25, -0.2) is 4.79 Å². The third-order valence-electron chi connectivity index (χ3n) is 6.12. The summed E-state index contributed by atoms with van der Waals surface area (Å²) in [7, 11) is 0. The molecule has 1 amide bonds. The maximum absolute atomic E-state index is 12.8. The minimum atomic E-state index is -0.171. The van der Waals surface area contributed by atoms with Crippen LogP contribution in [0.3, 0.4) is 0 Å². The number of amides is 1. The van der Waals surface area contributed by atoms with Gasteiger partial charge in [-0.3, -0.25) is 9.80 Å². The number of ether oxygens (including phenoxy) is 2. The van der Waals surface area contributed by atoms with Gasteiger partial charge in [0, 0.05) is 19.6 Å². The molecule has 5 heteroatoms. The van der Waals surface area contributed by atoms with E-state index < -0.39 is 0 Å². The zero-order chi connectivity index (χ0) is 20.6. The summed E-state index contributed by atoms with van der Waals surface area (Å²) in [5.41, 5.74) is 2.53. The monoisotopic (exact) mass is 408 g/mol. The van der Waals surface area contributed by atoms with Crippen LogP contribution in [0, 0.1) is 0 Å². The second-order valence-corrected chi connectivity index (χ2v) is 8.21. The van der Waals surface area contributed by atoms with Crippen molar-refractivity contribution >= 4 is 6.09 Å². The van der Waals surface area contributed by atoms with Gasteiger partial charge >= 0.3 is 6.09 Å². The number of carbonyl (C=O) groups is 1. The first kappa shape index (κ1) is 20.9. The van der Waals surface area contributed by atoms with E-state index in [1.165, 1.54) is 11.1 Å². The topological polar surface area (TPSA) is 42.0 Å². The fourth-order valence-electron chi connectivity index (χ4n) is 4.43. The summed E-state index contributed by atoms with van der Waals surface area (Å²) in [6.45, 7) is 5.17. The summed E-state index contributed by atoms with van der Waals surface area (Å²) >= 11 is 0. The lowest BCUT2D eigenvalue weighted by molar-refractivity contribution is 0.0341. The second kappa shape index (κ2) is 10.6. The standard InChI is InChI=1S/C25H32N2O3/c28-25-27(20-23(30-25)13-7-10-21-8-3-1-4-9-21)24(22-11-5-2-6-12-22)14-15-26-16-18-29-19-17-26/h1-6,8-9,11-12,23-24H,7,10,13-20H2. The summed E-state index contributed by atoms with van der Waals surface area (Å²) in [5, 5.41) is 0. The Kier molecular flexibility index (Phi) is 7.38. The molecule has 2 unspecified atom stereocenters. The number of carbonyl (C=O) groups excluding carboxylic acids is 1. The van der Waals surface area contributed by atoms with Crippen LogP contribution in [0.1, 0.15) is 36.4 Å². The Morgan fingerprint density at radius 2 is 1.67 bits per heavy atom. The van der Waals surface area contributed by atoms with Gasteiger partial charge in [-0.05, 0) is 36.8 Å². The predicted molar refractivity (Wildman–Crippen MR) is 117 cm³/mol. The van der Waals surface area contributed by atoms with E-state index in [0.717, 1.165) is 58.5 Å². The van der Waals surface area contributed by atoms with Crippen LogP contribution in [0.2, 0.25) is 0 Å². The predicted octanol–water partition coefficient (Wildman–Crippen LogP) is 4.29. The number of nitrogens with zero attached hydrogens (tertiary/aromatic N) is 2. The molecule has 0 bridgehead atoms. The molecule has 2 saturated heterocycles. The Morgan fingerprint density at radius 3 is 2.40 bits per heavy atom. The average Bonchev–Trinajstić information content (AvgIpc) is 3.16. The Balaban J connectivity index is 1.35. The molecule has 0 saturated carbocycles. The highest BCUT2D eigenvalue weighted by Gasteiger charge is 2.36. The molecule has 2 atom stereocenters. The SMILES string of the molecule is O=C1OC(CCCc2ccccc2)CN1C(CCN1CCOCC1)c1ccccc1. The van der Waals surface area contributed by atoms with Crippen LogP contribution >= 0.6 is 0 Å². The molecule has 2 aliphatic rings. The molecule has 2 heterocycles. The van der Waals surface area contributed by atoms with Crippen molar-refractivity contribution in [2.24, 2.45) is 0 Å². The first-order valence-corrected chi connectivity index (χ1v) is 11.2. The van der Waals surface area contributed by atoms with Gasteiger partial charge in [0.2, 0.25) is 0 Å². The van der Waals surface area contributed by atoms with E-state index in [0.29, 0.717) is 6.54 Å². The van der Waals surface area contributed by atoms with E-state index in [2.05, 4.69) is 53.4 Å². The minimum absolute atomic E-state index is 0.0178. The van der Waals surface area contributed by atoms with Crippen LogP contribution in [0.4, 0.5) is 4.79 Å². The van der Waals surface area contributed by atoms with Crippen LogP contribution in [0.25, 0.3) is 0 Å². The van der Waals surface area contributed by atoms with Crippen molar-refractivity contribution in [3.8, 4) is 0 Å². The number of hydrogen-bond acceptors (Lipinski definition) is 4. The van der Waals surface area contributed by atoms with Crippen LogP contribution in [-0.2, 0) is 15.9 Å². The molecule has 2 aromatic rings. The highest BCUT2D eigenvalue weighted by atomic mass is 16.6. The van der Waals surface area contributed by atoms with Crippen molar-refractivity contribution in [1.82, 2.24) is 9.80 Å². The summed E-state index contributed by atoms with van der Waals surface area (Å²) in [6.07, 6.45) is 3.68. The number of hydrogen-bond donors (Lipinski definition) is 0. The molecule has 2 aliphatic heterocycles. The molecule has 0 radical (unpaired) electrons. The quantitative estimate of drug-likeness (QED) is 0.621. The number of benzene rings is 2. The fraction of sp³-hybridized carbons (Fsp3) is 0.480. The van der Waals surface area contributed by atoms with Crippen LogP contribution in [-0.4, -0.2) is 61.4 Å². The van der Waals surface area contributed by atoms with Gasteiger partial charge in [-0.2, -0.15) is 0 Å². The third kappa shape index (κ3) is 5.61. The molecule has 0 aromatic heterocycles. The Labute approximate surface area is 179 Å². The normalized spacial score (nSPS) is 20.9. The largest absolute Gasteiger partial charge is 0.444 e. The van der Waals surface area contributed by atoms with Gasteiger partial charge < -0.3 is 9.47 Å². The van der Waals surface area contributed by atoms with Crippen molar-refractivity contribution in [3.05, 3.63) is 71.8 Å². The van der Waals surface area contributed by atoms with Gasteiger partial charge in [-0.1, -0.05) is 60.7 Å². The van der Waals surface area contributed by atoms with Crippen molar-refractivity contribution in [2.75, 3.05) is 39.4 Å². The van der Waals surface area contributed by atoms with Crippen LogP contribution in [0.5, 0.6) is 0 Å². The molecule has 2 aromatic carbocycles. The molecule has 0 spiro atoms. The van der Waals surface area contributed by atoms with E-state index in [1.807, 2.05) is 17.0 Å². The van der Waals surface area contributed by atoms with Crippen molar-refractivity contribution < 1.29 is 14.3 Å². The molecule has 30 heavy (non-hydrogen) atoms. The molecule has 0 aliphatic carbocycles. The zero-order valence-corrected chi connectivity index (χ0v) is 17.6. The Bertz CT molecular complexity index is 777. The lowest BCUT2D eigenvalue weighted by Gasteiger charge is -2.31. The first-order valence-electron chi connectivity index (χ1n) is 11.2. The maximum atomic E-state index is 12.8. The number of cyclic esters (lactones) is 1. The highest BCUT2D eigenvalue weighted by Crippen LogP contribution is 2.30. The molecular formula is C25H32N2O3. The van der Waals surface area contributed by atoms with Gasteiger partial charge in [0.1, 0.15) is 6.10 Å². The molecular weight excluding hydrogens is 376 g/mol. The Hall–Kier alpha value is -2.37. The third-order valence-corrected chi connectivity index (χ3v) is 6.12. The number of rotatable bonds is 9. The smallest absolute Gasteiger partial charge is 0.410 e. The molecule has 0 N–H and O–H groups in total. The summed E-state index contributed by atoms with van der Waals surface area (Å²) in [6, 6.07) is 20.9. The van der Waals surface area contributed by atoms with E-state index in [-0.39, 0.29) is 18.2 Å². The van der Waals surface area contributed by atoms with Gasteiger partial charge in [-0.15, -0.1) is 0 Å². The van der Waals surface area contributed by atoms with Gasteiger partial charge in [0.05, 0.1) is 25.8 Å². The Morgan fingerprint density at radius 1 is 0.967 bits per heavy atom. The van der Waals surface area contributed by atoms with Gasteiger partial charge in [0.15, 0.2) is 0 Å². The van der Waals surface area contributed by atoms with Crippen LogP contribution < -0.4 is 0 Å². The van der Waals surface area contributed by atoms with E-state index >= 15 is 0 Å². The van der Waals surface area contributed by atoms with Crippen molar-refractivity contribution in [1.29, 1.82) is 0 Å². The molecule has 5 nitrogen and oxygen atoms in total. The second-order valence-electron chi connectivity index (χ2n) is 8.21.